The first kappa shape index (κ1) is 67.4. The van der Waals surface area contributed by atoms with Gasteiger partial charge in [-0.15, -0.1) is 0 Å². The van der Waals surface area contributed by atoms with Gasteiger partial charge in [-0.2, -0.15) is 0 Å². The van der Waals surface area contributed by atoms with Crippen molar-refractivity contribution in [1.29, 1.82) is 0 Å². The molecular formula is H4F2MgMn. The SMILES string of the molecule is F.F.[MgH2].[Mn]. The Bertz CT molecular complexity index is 6.00. The summed E-state index contributed by atoms with van der Waals surface area (Å²) >= 11 is 0. The molecule has 4 heteroatoms. The van der Waals surface area contributed by atoms with Crippen molar-refractivity contribution >= 4 is 23.1 Å². The summed E-state index contributed by atoms with van der Waals surface area (Å²) in [7, 11) is 0. The first-order chi connectivity index (χ1) is 0. The molecule has 0 bridgehead atoms. The van der Waals surface area contributed by atoms with Gasteiger partial charge in [0.2, 0.25) is 0 Å². The van der Waals surface area contributed by atoms with Crippen molar-refractivity contribution in [2.24, 2.45) is 0 Å². The van der Waals surface area contributed by atoms with Gasteiger partial charge in [0.25, 0.3) is 0 Å². The van der Waals surface area contributed by atoms with Crippen LogP contribution >= 0.6 is 0 Å². The molecule has 0 amide bonds. The van der Waals surface area contributed by atoms with E-state index in [1.807, 2.05) is 0 Å². The fourth-order valence-electron chi connectivity index (χ4n) is 0. The second-order valence-electron chi connectivity index (χ2n) is 0. The zero-order chi connectivity index (χ0) is 0. The van der Waals surface area contributed by atoms with Crippen LogP contribution in [0.25, 0.3) is 0 Å². The van der Waals surface area contributed by atoms with E-state index in [9.17, 15) is 0 Å². The Kier molecular flexibility index (Phi) is 526. The zero-order valence-corrected chi connectivity index (χ0v) is 2.37. The molecule has 0 aliphatic heterocycles. The number of hydrogen-bond donors (Lipinski definition) is 0. The van der Waals surface area contributed by atoms with E-state index in [1.165, 1.54) is 0 Å². The van der Waals surface area contributed by atoms with Crippen molar-refractivity contribution in [3.8, 4) is 0 Å². The predicted octanol–water partition coefficient (Wildman–Crippen LogP) is -0.614. The molecule has 0 aromatic carbocycles. The van der Waals surface area contributed by atoms with Crippen LogP contribution in [0.3, 0.4) is 0 Å². The molecule has 0 aliphatic rings. The van der Waals surface area contributed by atoms with E-state index in [1.54, 1.807) is 0 Å². The maximum absolute atomic E-state index is 0. The van der Waals surface area contributed by atoms with Gasteiger partial charge in [0.1, 0.15) is 0 Å². The first-order valence-corrected chi connectivity index (χ1v) is 0. The van der Waals surface area contributed by atoms with Crippen LogP contribution in [0.1, 0.15) is 0 Å². The second-order valence-corrected chi connectivity index (χ2v) is 0. The molecule has 0 atom stereocenters. The van der Waals surface area contributed by atoms with Gasteiger partial charge in [0.05, 0.1) is 0 Å². The summed E-state index contributed by atoms with van der Waals surface area (Å²) in [5.41, 5.74) is 0. The van der Waals surface area contributed by atoms with Gasteiger partial charge < -0.3 is 0 Å². The largest absolute Gasteiger partial charge is 0.316 e. The van der Waals surface area contributed by atoms with Crippen LogP contribution in [0, 0.1) is 0 Å². The summed E-state index contributed by atoms with van der Waals surface area (Å²) in [6.07, 6.45) is 0. The minimum Gasteiger partial charge on any atom is -0.269 e. The summed E-state index contributed by atoms with van der Waals surface area (Å²) < 4.78 is 0. The molecule has 0 heterocycles. The van der Waals surface area contributed by atoms with Gasteiger partial charge in [0, 0.05) is 17.1 Å². The fraction of sp³-hybridized carbons (Fsp3) is 0. The predicted molar refractivity (Wildman–Crippen MR) is 13.5 cm³/mol. The number of hydrogen-bond acceptors (Lipinski definition) is 0. The van der Waals surface area contributed by atoms with Crippen LogP contribution in [0.4, 0.5) is 9.41 Å². The standard InChI is InChI=1S/2FH.Mg.Mn.2H/h2*1H;;;;. The third-order valence-corrected chi connectivity index (χ3v) is 0. The average molecular weight is 121 g/mol. The van der Waals surface area contributed by atoms with Crippen LogP contribution in [0.2, 0.25) is 0 Å². The topological polar surface area (TPSA) is 0 Å². The van der Waals surface area contributed by atoms with E-state index < -0.39 is 0 Å². The Morgan fingerprint density at radius 2 is 0.750 bits per heavy atom. The quantitative estimate of drug-likeness (QED) is 0.375. The van der Waals surface area contributed by atoms with Gasteiger partial charge in [-0.05, 0) is 0 Å². The van der Waals surface area contributed by atoms with E-state index >= 15 is 0 Å². The van der Waals surface area contributed by atoms with E-state index in [0.29, 0.717) is 0 Å². The van der Waals surface area contributed by atoms with Crippen LogP contribution in [-0.4, -0.2) is 23.1 Å². The molecule has 0 N–H and O–H groups in total. The van der Waals surface area contributed by atoms with Gasteiger partial charge in [-0.25, -0.2) is 0 Å². The second kappa shape index (κ2) is 31.3. The summed E-state index contributed by atoms with van der Waals surface area (Å²) in [6, 6.07) is 0. The van der Waals surface area contributed by atoms with Crippen LogP contribution in [-0.2, 0) is 17.1 Å². The molecule has 4 heavy (non-hydrogen) atoms. The maximum Gasteiger partial charge on any atom is 0.316 e. The molecule has 1 radical (unpaired) electrons. The monoisotopic (exact) mass is 121 g/mol. The Morgan fingerprint density at radius 1 is 0.750 bits per heavy atom. The third-order valence-electron chi connectivity index (χ3n) is 0. The molecule has 27 valence electrons. The van der Waals surface area contributed by atoms with Crippen molar-refractivity contribution in [2.75, 3.05) is 0 Å². The summed E-state index contributed by atoms with van der Waals surface area (Å²) in [5, 5.41) is 0. The summed E-state index contributed by atoms with van der Waals surface area (Å²) in [6.45, 7) is 0. The van der Waals surface area contributed by atoms with Gasteiger partial charge >= 0.3 is 23.1 Å². The average Bonchev–Trinajstić information content (AvgIpc) is 0. The summed E-state index contributed by atoms with van der Waals surface area (Å²) in [5.74, 6) is 0. The Labute approximate surface area is 49.7 Å². The molecule has 0 aliphatic carbocycles. The van der Waals surface area contributed by atoms with E-state index in [4.69, 9.17) is 0 Å². The van der Waals surface area contributed by atoms with E-state index in [0.717, 1.165) is 0 Å². The molecule has 0 spiro atoms. The van der Waals surface area contributed by atoms with Crippen molar-refractivity contribution in [1.82, 2.24) is 0 Å². The normalized spacial score (nSPS) is 0. The third kappa shape index (κ3) is 11.0. The van der Waals surface area contributed by atoms with Crippen molar-refractivity contribution in [2.45, 2.75) is 0 Å². The molecule has 0 rings (SSSR count). The van der Waals surface area contributed by atoms with Crippen molar-refractivity contribution in [3.63, 3.8) is 0 Å². The van der Waals surface area contributed by atoms with Crippen molar-refractivity contribution in [3.05, 3.63) is 0 Å². The maximum atomic E-state index is 0. The van der Waals surface area contributed by atoms with Gasteiger partial charge in [-0.3, -0.25) is 9.41 Å². The minimum atomic E-state index is 0. The molecule has 0 aromatic rings. The molecule has 0 aromatic heterocycles. The first-order valence-electron chi connectivity index (χ1n) is 0. The zero-order valence-electron chi connectivity index (χ0n) is 1.19. The molecule has 0 unspecified atom stereocenters. The molecule has 0 saturated carbocycles. The Balaban J connectivity index is 0. The van der Waals surface area contributed by atoms with E-state index in [-0.39, 0.29) is 49.5 Å². The fourth-order valence-corrected chi connectivity index (χ4v) is 0. The van der Waals surface area contributed by atoms with E-state index in [2.05, 4.69) is 0 Å². The smallest absolute Gasteiger partial charge is 0.269 e. The van der Waals surface area contributed by atoms with Crippen molar-refractivity contribution < 1.29 is 26.5 Å². The molecule has 0 nitrogen and oxygen atoms in total. The summed E-state index contributed by atoms with van der Waals surface area (Å²) in [4.78, 5) is 0. The molecular weight excluding hydrogens is 117 g/mol. The van der Waals surface area contributed by atoms with Crippen LogP contribution in [0.15, 0.2) is 0 Å². The minimum absolute atomic E-state index is 0. The van der Waals surface area contributed by atoms with Gasteiger partial charge in [0.15, 0.2) is 0 Å². The van der Waals surface area contributed by atoms with Crippen LogP contribution < -0.4 is 0 Å². The molecule has 0 fully saturated rings. The van der Waals surface area contributed by atoms with Crippen LogP contribution in [0.5, 0.6) is 0 Å². The number of halogens is 2. The van der Waals surface area contributed by atoms with Gasteiger partial charge in [-0.1, -0.05) is 0 Å². The number of rotatable bonds is 0. The Morgan fingerprint density at radius 3 is 0.750 bits per heavy atom. The molecule has 0 saturated heterocycles. The Hall–Kier alpha value is 1.15.